The highest BCUT2D eigenvalue weighted by Gasteiger charge is 2.28. The van der Waals surface area contributed by atoms with Crippen molar-refractivity contribution < 1.29 is 4.79 Å². The van der Waals surface area contributed by atoms with Gasteiger partial charge in [-0.25, -0.2) is 5.01 Å². The summed E-state index contributed by atoms with van der Waals surface area (Å²) in [5.41, 5.74) is 0. The minimum atomic E-state index is 0.0393. The fourth-order valence-corrected chi connectivity index (χ4v) is 1.44. The highest BCUT2D eigenvalue weighted by molar-refractivity contribution is 5.77. The van der Waals surface area contributed by atoms with Gasteiger partial charge in [0.15, 0.2) is 0 Å². The number of amides is 1. The fraction of sp³-hybridized carbons (Fsp3) is 0.750. The minimum Gasteiger partial charge on any atom is -0.273 e. The van der Waals surface area contributed by atoms with Crippen molar-refractivity contribution in [2.75, 3.05) is 0 Å². The van der Waals surface area contributed by atoms with E-state index < -0.39 is 0 Å². The lowest BCUT2D eigenvalue weighted by atomic mass is 10.0. The normalized spacial score (nSPS) is 29.5. The second-order valence-corrected chi connectivity index (χ2v) is 2.96. The Bertz CT molecular complexity index is 189. The molecule has 11 heavy (non-hydrogen) atoms. The molecule has 0 saturated heterocycles. The molecule has 1 amide bonds. The standard InChI is InChI=1S/C8H14N2O/c1-4-8-6(2)5-9-10(8)7(3)11/h5-6,8H,4H2,1-3H3/t6-,8+/m1/s1. The molecule has 3 nitrogen and oxygen atoms in total. The summed E-state index contributed by atoms with van der Waals surface area (Å²) < 4.78 is 0. The number of rotatable bonds is 1. The molecule has 0 N–H and O–H groups in total. The van der Waals surface area contributed by atoms with E-state index in [1.165, 1.54) is 0 Å². The van der Waals surface area contributed by atoms with Crippen molar-refractivity contribution in [3.8, 4) is 0 Å². The Morgan fingerprint density at radius 3 is 2.73 bits per heavy atom. The molecule has 0 spiro atoms. The Kier molecular flexibility index (Phi) is 2.27. The zero-order chi connectivity index (χ0) is 8.43. The van der Waals surface area contributed by atoms with Crippen LogP contribution in [0.5, 0.6) is 0 Å². The lowest BCUT2D eigenvalue weighted by Gasteiger charge is -2.21. The summed E-state index contributed by atoms with van der Waals surface area (Å²) >= 11 is 0. The summed E-state index contributed by atoms with van der Waals surface area (Å²) in [6.45, 7) is 5.71. The topological polar surface area (TPSA) is 32.7 Å². The first-order chi connectivity index (χ1) is 5.16. The van der Waals surface area contributed by atoms with E-state index in [4.69, 9.17) is 0 Å². The summed E-state index contributed by atoms with van der Waals surface area (Å²) in [4.78, 5) is 11.0. The molecule has 2 atom stereocenters. The van der Waals surface area contributed by atoms with Gasteiger partial charge in [-0.05, 0) is 6.42 Å². The van der Waals surface area contributed by atoms with Crippen molar-refractivity contribution >= 4 is 12.1 Å². The predicted octanol–water partition coefficient (Wildman–Crippen LogP) is 1.25. The number of carbonyl (C=O) groups excluding carboxylic acids is 1. The van der Waals surface area contributed by atoms with E-state index in [1.54, 1.807) is 11.9 Å². The monoisotopic (exact) mass is 154 g/mol. The van der Waals surface area contributed by atoms with E-state index in [0.717, 1.165) is 6.42 Å². The van der Waals surface area contributed by atoms with E-state index in [1.807, 2.05) is 6.21 Å². The molecule has 0 unspecified atom stereocenters. The molecule has 0 aromatic rings. The van der Waals surface area contributed by atoms with E-state index in [-0.39, 0.29) is 11.9 Å². The maximum Gasteiger partial charge on any atom is 0.239 e. The molecule has 0 bridgehead atoms. The lowest BCUT2D eigenvalue weighted by molar-refractivity contribution is -0.130. The van der Waals surface area contributed by atoms with Gasteiger partial charge in [-0.15, -0.1) is 0 Å². The Morgan fingerprint density at radius 2 is 2.36 bits per heavy atom. The fourth-order valence-electron chi connectivity index (χ4n) is 1.44. The number of nitrogens with zero attached hydrogens (tertiary/aromatic N) is 2. The van der Waals surface area contributed by atoms with Gasteiger partial charge in [0.2, 0.25) is 5.91 Å². The maximum atomic E-state index is 11.0. The summed E-state index contributed by atoms with van der Waals surface area (Å²) in [6.07, 6.45) is 2.82. The zero-order valence-electron chi connectivity index (χ0n) is 7.24. The molecule has 1 aliphatic heterocycles. The number of carbonyl (C=O) groups is 1. The molecular formula is C8H14N2O. The van der Waals surface area contributed by atoms with E-state index in [2.05, 4.69) is 18.9 Å². The van der Waals surface area contributed by atoms with Gasteiger partial charge >= 0.3 is 0 Å². The molecular weight excluding hydrogens is 140 g/mol. The molecule has 3 heteroatoms. The molecule has 0 radical (unpaired) electrons. The molecule has 62 valence electrons. The Morgan fingerprint density at radius 1 is 1.73 bits per heavy atom. The van der Waals surface area contributed by atoms with Gasteiger partial charge in [-0.3, -0.25) is 4.79 Å². The van der Waals surface area contributed by atoms with E-state index in [0.29, 0.717) is 5.92 Å². The first kappa shape index (κ1) is 8.24. The molecule has 1 heterocycles. The molecule has 0 aromatic heterocycles. The molecule has 0 aromatic carbocycles. The summed E-state index contributed by atoms with van der Waals surface area (Å²) in [7, 11) is 0. The van der Waals surface area contributed by atoms with Crippen molar-refractivity contribution in [1.29, 1.82) is 0 Å². The van der Waals surface area contributed by atoms with Gasteiger partial charge in [-0.1, -0.05) is 13.8 Å². The summed E-state index contributed by atoms with van der Waals surface area (Å²) in [6, 6.07) is 0.285. The van der Waals surface area contributed by atoms with Crippen LogP contribution in [0.25, 0.3) is 0 Å². The number of hydrazone groups is 1. The van der Waals surface area contributed by atoms with Crippen molar-refractivity contribution in [3.05, 3.63) is 0 Å². The molecule has 1 aliphatic rings. The van der Waals surface area contributed by atoms with Gasteiger partial charge in [-0.2, -0.15) is 5.10 Å². The summed E-state index contributed by atoms with van der Waals surface area (Å²) in [5.74, 6) is 0.446. The van der Waals surface area contributed by atoms with Crippen molar-refractivity contribution in [1.82, 2.24) is 5.01 Å². The van der Waals surface area contributed by atoms with Crippen molar-refractivity contribution in [3.63, 3.8) is 0 Å². The van der Waals surface area contributed by atoms with E-state index in [9.17, 15) is 4.79 Å². The third-order valence-electron chi connectivity index (χ3n) is 2.09. The van der Waals surface area contributed by atoms with E-state index >= 15 is 0 Å². The van der Waals surface area contributed by atoms with Crippen LogP contribution in [0.4, 0.5) is 0 Å². The van der Waals surface area contributed by atoms with Crippen LogP contribution in [-0.2, 0) is 4.79 Å². The smallest absolute Gasteiger partial charge is 0.239 e. The quantitative estimate of drug-likeness (QED) is 0.559. The largest absolute Gasteiger partial charge is 0.273 e. The highest BCUT2D eigenvalue weighted by Crippen LogP contribution is 2.19. The number of hydrogen-bond donors (Lipinski definition) is 0. The third kappa shape index (κ3) is 1.42. The second-order valence-electron chi connectivity index (χ2n) is 2.96. The van der Waals surface area contributed by atoms with Gasteiger partial charge in [0, 0.05) is 19.1 Å². The second kappa shape index (κ2) is 3.03. The Labute approximate surface area is 67.1 Å². The van der Waals surface area contributed by atoms with Crippen LogP contribution >= 0.6 is 0 Å². The van der Waals surface area contributed by atoms with Crippen LogP contribution in [0.3, 0.4) is 0 Å². The van der Waals surface area contributed by atoms with Gasteiger partial charge in [0.05, 0.1) is 6.04 Å². The zero-order valence-corrected chi connectivity index (χ0v) is 7.24. The number of hydrogen-bond acceptors (Lipinski definition) is 2. The first-order valence-electron chi connectivity index (χ1n) is 4.00. The van der Waals surface area contributed by atoms with Crippen molar-refractivity contribution in [2.24, 2.45) is 11.0 Å². The van der Waals surface area contributed by atoms with Crippen molar-refractivity contribution in [2.45, 2.75) is 33.2 Å². The minimum absolute atomic E-state index is 0.0393. The SMILES string of the molecule is CC[C@H]1[C@H](C)C=NN1C(C)=O. The molecule has 0 fully saturated rings. The van der Waals surface area contributed by atoms with Crippen LogP contribution in [0.15, 0.2) is 5.10 Å². The van der Waals surface area contributed by atoms with Crippen LogP contribution < -0.4 is 0 Å². The highest BCUT2D eigenvalue weighted by atomic mass is 16.2. The van der Waals surface area contributed by atoms with Crippen LogP contribution in [0, 0.1) is 5.92 Å². The van der Waals surface area contributed by atoms with Gasteiger partial charge in [0.25, 0.3) is 0 Å². The average Bonchev–Trinajstić information content (AvgIpc) is 2.30. The maximum absolute atomic E-state index is 11.0. The van der Waals surface area contributed by atoms with Gasteiger partial charge < -0.3 is 0 Å². The molecule has 0 aliphatic carbocycles. The lowest BCUT2D eigenvalue weighted by Crippen LogP contribution is -2.33. The Hall–Kier alpha value is -0.860. The molecule has 0 saturated carbocycles. The predicted molar refractivity (Wildman–Crippen MR) is 44.3 cm³/mol. The molecule has 1 rings (SSSR count). The summed E-state index contributed by atoms with van der Waals surface area (Å²) in [5, 5.41) is 5.60. The Balaban J connectivity index is 2.68. The van der Waals surface area contributed by atoms with Crippen LogP contribution in [0.1, 0.15) is 27.2 Å². The van der Waals surface area contributed by atoms with Gasteiger partial charge in [0.1, 0.15) is 0 Å². The first-order valence-corrected chi connectivity index (χ1v) is 4.00. The third-order valence-corrected chi connectivity index (χ3v) is 2.09. The average molecular weight is 154 g/mol. The van der Waals surface area contributed by atoms with Crippen LogP contribution in [0.2, 0.25) is 0 Å². The van der Waals surface area contributed by atoms with Crippen LogP contribution in [-0.4, -0.2) is 23.2 Å².